The average Bonchev–Trinajstić information content (AvgIpc) is 2.69. The number of hydrogen-bond acceptors (Lipinski definition) is 4. The molecule has 1 aromatic heterocycles. The van der Waals surface area contributed by atoms with Crippen molar-refractivity contribution in [1.29, 1.82) is 0 Å². The van der Waals surface area contributed by atoms with Gasteiger partial charge >= 0.3 is 0 Å². The van der Waals surface area contributed by atoms with E-state index in [4.69, 9.17) is 5.73 Å². The van der Waals surface area contributed by atoms with Gasteiger partial charge in [-0.05, 0) is 25.0 Å². The van der Waals surface area contributed by atoms with Gasteiger partial charge in [0.15, 0.2) is 5.96 Å². The molecule has 0 spiro atoms. The van der Waals surface area contributed by atoms with Crippen molar-refractivity contribution in [2.45, 2.75) is 32.1 Å². The molecule has 7 nitrogen and oxygen atoms in total. The van der Waals surface area contributed by atoms with E-state index >= 15 is 0 Å². The fourth-order valence-corrected chi connectivity index (χ4v) is 3.72. The van der Waals surface area contributed by atoms with E-state index in [1.54, 1.807) is 6.20 Å². The van der Waals surface area contributed by atoms with E-state index in [2.05, 4.69) is 25.1 Å². The number of aromatic nitrogens is 1. The number of carbonyl (C=O) groups excluding carboxylic acids is 1. The second-order valence-corrected chi connectivity index (χ2v) is 7.11. The number of hydrogen-bond donors (Lipinski definition) is 2. The first kappa shape index (κ1) is 18.6. The highest BCUT2D eigenvalue weighted by molar-refractivity contribution is 5.91. The monoisotopic (exact) mass is 358 g/mol. The van der Waals surface area contributed by atoms with Crippen LogP contribution in [0.1, 0.15) is 32.1 Å². The van der Waals surface area contributed by atoms with Crippen molar-refractivity contribution in [3.8, 4) is 0 Å². The van der Waals surface area contributed by atoms with Crippen LogP contribution in [0.25, 0.3) is 0 Å². The number of aliphatic imine (C=N–C) groups is 1. The number of nitrogens with two attached hydrogens (primary N) is 1. The number of pyridine rings is 1. The topological polar surface area (TPSA) is 86.8 Å². The van der Waals surface area contributed by atoms with Crippen molar-refractivity contribution in [3.63, 3.8) is 0 Å². The third-order valence-corrected chi connectivity index (χ3v) is 5.26. The van der Waals surface area contributed by atoms with E-state index in [1.807, 2.05) is 18.2 Å². The minimum Gasteiger partial charge on any atom is -0.370 e. The minimum absolute atomic E-state index is 0.275. The molecule has 1 amide bonds. The molecule has 0 bridgehead atoms. The lowest BCUT2D eigenvalue weighted by molar-refractivity contribution is -0.138. The number of anilines is 1. The maximum absolute atomic E-state index is 12.6. The highest BCUT2D eigenvalue weighted by Gasteiger charge is 2.28. The van der Waals surface area contributed by atoms with Crippen LogP contribution in [0.15, 0.2) is 29.4 Å². The summed E-state index contributed by atoms with van der Waals surface area (Å²) in [5.74, 6) is 1.74. The number of carbonyl (C=O) groups is 1. The highest BCUT2D eigenvalue weighted by Crippen LogP contribution is 2.25. The fraction of sp³-hybridized carbons (Fsp3) is 0.632. The van der Waals surface area contributed by atoms with Gasteiger partial charge in [-0.25, -0.2) is 4.98 Å². The number of guanidine groups is 1. The van der Waals surface area contributed by atoms with Crippen LogP contribution in [0.4, 0.5) is 5.82 Å². The Balaban J connectivity index is 1.36. The van der Waals surface area contributed by atoms with Gasteiger partial charge in [0, 0.05) is 44.8 Å². The predicted octanol–water partition coefficient (Wildman–Crippen LogP) is 1.53. The second kappa shape index (κ2) is 9.52. The summed E-state index contributed by atoms with van der Waals surface area (Å²) in [4.78, 5) is 25.5. The molecule has 0 atom stereocenters. The first-order valence-corrected chi connectivity index (χ1v) is 9.71. The van der Waals surface area contributed by atoms with Gasteiger partial charge in [-0.2, -0.15) is 0 Å². The largest absolute Gasteiger partial charge is 0.370 e. The lowest BCUT2D eigenvalue weighted by atomic mass is 9.88. The zero-order valence-corrected chi connectivity index (χ0v) is 15.4. The van der Waals surface area contributed by atoms with Gasteiger partial charge in [-0.1, -0.05) is 25.3 Å². The van der Waals surface area contributed by atoms with Gasteiger partial charge in [0.25, 0.3) is 0 Å². The summed E-state index contributed by atoms with van der Waals surface area (Å²) in [7, 11) is 0. The van der Waals surface area contributed by atoms with Crippen molar-refractivity contribution in [3.05, 3.63) is 24.4 Å². The van der Waals surface area contributed by atoms with Crippen molar-refractivity contribution < 1.29 is 4.79 Å². The average molecular weight is 358 g/mol. The molecule has 2 aliphatic rings. The Hall–Kier alpha value is -2.15. The molecule has 0 aromatic carbocycles. The summed E-state index contributed by atoms with van der Waals surface area (Å²) >= 11 is 0. The van der Waals surface area contributed by atoms with Crippen molar-refractivity contribution in [2.24, 2.45) is 16.6 Å². The van der Waals surface area contributed by atoms with Crippen LogP contribution in [0.2, 0.25) is 0 Å². The van der Waals surface area contributed by atoms with E-state index in [0.717, 1.165) is 45.6 Å². The molecule has 7 heteroatoms. The standard InChI is InChI=1S/C19H30N6O/c20-19(23-17-8-4-5-9-21-17)22-10-11-24-12-14-25(15-13-24)18(26)16-6-2-1-3-7-16/h4-5,8-9,16H,1-3,6-7,10-15H2,(H3,20,21,22,23). The lowest BCUT2D eigenvalue weighted by Crippen LogP contribution is -2.51. The fourth-order valence-electron chi connectivity index (χ4n) is 3.72. The molecule has 26 heavy (non-hydrogen) atoms. The van der Waals surface area contributed by atoms with Crippen LogP contribution >= 0.6 is 0 Å². The van der Waals surface area contributed by atoms with E-state index in [-0.39, 0.29) is 5.92 Å². The molecule has 3 rings (SSSR count). The number of amides is 1. The zero-order valence-electron chi connectivity index (χ0n) is 15.4. The molecule has 1 saturated carbocycles. The molecule has 2 heterocycles. The predicted molar refractivity (Wildman–Crippen MR) is 104 cm³/mol. The maximum atomic E-state index is 12.6. The normalized spacial score (nSPS) is 20.2. The van der Waals surface area contributed by atoms with Gasteiger partial charge in [0.2, 0.25) is 5.91 Å². The van der Waals surface area contributed by atoms with E-state index < -0.39 is 0 Å². The zero-order chi connectivity index (χ0) is 18.2. The molecular weight excluding hydrogens is 328 g/mol. The molecule has 0 radical (unpaired) electrons. The number of nitrogens with zero attached hydrogens (tertiary/aromatic N) is 4. The van der Waals surface area contributed by atoms with Crippen LogP contribution in [-0.2, 0) is 4.79 Å². The van der Waals surface area contributed by atoms with Crippen molar-refractivity contribution in [2.75, 3.05) is 44.6 Å². The van der Waals surface area contributed by atoms with Gasteiger partial charge in [0.05, 0.1) is 6.54 Å². The molecule has 3 N–H and O–H groups in total. The Morgan fingerprint density at radius 2 is 1.96 bits per heavy atom. The Morgan fingerprint density at radius 1 is 1.19 bits per heavy atom. The summed E-state index contributed by atoms with van der Waals surface area (Å²) in [5.41, 5.74) is 5.89. The molecule has 0 unspecified atom stereocenters. The minimum atomic E-state index is 0.275. The van der Waals surface area contributed by atoms with E-state index in [9.17, 15) is 4.79 Å². The van der Waals surface area contributed by atoms with Crippen molar-refractivity contribution in [1.82, 2.24) is 14.8 Å². The SMILES string of the molecule is NC(=NCCN1CCN(C(=O)C2CCCCC2)CC1)Nc1ccccn1. The van der Waals surface area contributed by atoms with Crippen LogP contribution in [-0.4, -0.2) is 65.9 Å². The Bertz CT molecular complexity index is 591. The molecular formula is C19H30N6O. The molecule has 142 valence electrons. The van der Waals surface area contributed by atoms with Crippen LogP contribution in [0.5, 0.6) is 0 Å². The van der Waals surface area contributed by atoms with Gasteiger partial charge < -0.3 is 16.0 Å². The molecule has 1 aliphatic carbocycles. The van der Waals surface area contributed by atoms with Crippen molar-refractivity contribution >= 4 is 17.7 Å². The smallest absolute Gasteiger partial charge is 0.225 e. The second-order valence-electron chi connectivity index (χ2n) is 7.11. The molecule has 1 aliphatic heterocycles. The maximum Gasteiger partial charge on any atom is 0.225 e. The lowest BCUT2D eigenvalue weighted by Gasteiger charge is -2.37. The first-order valence-electron chi connectivity index (χ1n) is 9.71. The number of piperazine rings is 1. The third-order valence-electron chi connectivity index (χ3n) is 5.26. The van der Waals surface area contributed by atoms with E-state index in [0.29, 0.717) is 24.2 Å². The van der Waals surface area contributed by atoms with E-state index in [1.165, 1.54) is 19.3 Å². The van der Waals surface area contributed by atoms with Gasteiger partial charge in [-0.15, -0.1) is 0 Å². The molecule has 2 fully saturated rings. The van der Waals surface area contributed by atoms with Gasteiger partial charge in [-0.3, -0.25) is 14.7 Å². The summed E-state index contributed by atoms with van der Waals surface area (Å²) in [6.45, 7) is 5.00. The molecule has 1 saturated heterocycles. The van der Waals surface area contributed by atoms with Gasteiger partial charge in [0.1, 0.15) is 5.82 Å². The number of rotatable bonds is 5. The summed E-state index contributed by atoms with van der Waals surface area (Å²) in [6.07, 6.45) is 7.58. The number of nitrogens with one attached hydrogen (secondary N) is 1. The van der Waals surface area contributed by atoms with Crippen LogP contribution < -0.4 is 11.1 Å². The summed E-state index contributed by atoms with van der Waals surface area (Å²) in [6, 6.07) is 5.61. The highest BCUT2D eigenvalue weighted by atomic mass is 16.2. The Morgan fingerprint density at radius 3 is 2.65 bits per heavy atom. The van der Waals surface area contributed by atoms with Crippen LogP contribution in [0.3, 0.4) is 0 Å². The quantitative estimate of drug-likeness (QED) is 0.616. The van der Waals surface area contributed by atoms with Crippen LogP contribution in [0, 0.1) is 5.92 Å². The summed E-state index contributed by atoms with van der Waals surface area (Å²) < 4.78 is 0. The Labute approximate surface area is 155 Å². The summed E-state index contributed by atoms with van der Waals surface area (Å²) in [5, 5.41) is 2.98. The Kier molecular flexibility index (Phi) is 6.82. The molecule has 1 aromatic rings. The third kappa shape index (κ3) is 5.42. The first-order chi connectivity index (χ1) is 12.7.